The first-order chi connectivity index (χ1) is 9.94. The number of hydrogen-bond donors (Lipinski definition) is 1. The molecule has 0 fully saturated rings. The second-order valence-corrected chi connectivity index (χ2v) is 7.02. The molecule has 0 heterocycles. The Balaban J connectivity index is 2.39. The Morgan fingerprint density at radius 2 is 2.00 bits per heavy atom. The van der Waals surface area contributed by atoms with E-state index in [9.17, 15) is 8.42 Å². The largest absolute Gasteiger partial charge is 0.380 e. The van der Waals surface area contributed by atoms with Crippen LogP contribution in [0.15, 0.2) is 24.3 Å². The van der Waals surface area contributed by atoms with Crippen molar-refractivity contribution >= 4 is 10.0 Å². The molecule has 0 atom stereocenters. The zero-order chi connectivity index (χ0) is 15.7. The van der Waals surface area contributed by atoms with E-state index in [1.165, 1.54) is 0 Å². The summed E-state index contributed by atoms with van der Waals surface area (Å²) in [6.45, 7) is 5.45. The Morgan fingerprint density at radius 3 is 2.67 bits per heavy atom. The maximum absolute atomic E-state index is 11.9. The van der Waals surface area contributed by atoms with Crippen molar-refractivity contribution in [3.63, 3.8) is 0 Å². The van der Waals surface area contributed by atoms with Gasteiger partial charge in [-0.25, -0.2) is 13.1 Å². The molecule has 1 rings (SSSR count). The van der Waals surface area contributed by atoms with E-state index in [0.29, 0.717) is 30.3 Å². The van der Waals surface area contributed by atoms with Crippen molar-refractivity contribution in [3.05, 3.63) is 35.4 Å². The van der Waals surface area contributed by atoms with Gasteiger partial charge in [-0.05, 0) is 24.0 Å². The maximum Gasteiger partial charge on any atom is 0.215 e. The summed E-state index contributed by atoms with van der Waals surface area (Å²) in [6.07, 6.45) is 0.961. The van der Waals surface area contributed by atoms with Gasteiger partial charge in [-0.1, -0.05) is 32.0 Å². The quantitative estimate of drug-likeness (QED) is 0.708. The summed E-state index contributed by atoms with van der Waals surface area (Å²) in [5, 5.41) is 8.95. The molecule has 0 saturated carbocycles. The van der Waals surface area contributed by atoms with Gasteiger partial charge in [0, 0.05) is 13.2 Å². The van der Waals surface area contributed by atoms with Crippen molar-refractivity contribution < 1.29 is 13.2 Å². The van der Waals surface area contributed by atoms with Gasteiger partial charge in [-0.3, -0.25) is 0 Å². The number of benzene rings is 1. The van der Waals surface area contributed by atoms with Gasteiger partial charge in [0.1, 0.15) is 0 Å². The van der Waals surface area contributed by atoms with Gasteiger partial charge in [0.15, 0.2) is 0 Å². The predicted molar refractivity (Wildman–Crippen MR) is 82.1 cm³/mol. The first kappa shape index (κ1) is 17.6. The molecule has 0 aliphatic heterocycles. The third-order valence-corrected chi connectivity index (χ3v) is 4.23. The molecule has 0 unspecified atom stereocenters. The average Bonchev–Trinajstić information content (AvgIpc) is 2.42. The van der Waals surface area contributed by atoms with E-state index >= 15 is 0 Å². The molecule has 0 aromatic heterocycles. The minimum absolute atomic E-state index is 0.192. The highest BCUT2D eigenvalue weighted by molar-refractivity contribution is 7.88. The van der Waals surface area contributed by atoms with E-state index < -0.39 is 10.0 Å². The van der Waals surface area contributed by atoms with E-state index in [0.717, 1.165) is 6.42 Å². The smallest absolute Gasteiger partial charge is 0.215 e. The summed E-state index contributed by atoms with van der Waals surface area (Å²) in [7, 11) is -3.45. The molecule has 1 N–H and O–H groups in total. The predicted octanol–water partition coefficient (Wildman–Crippen LogP) is 2.04. The molecular weight excluding hydrogens is 288 g/mol. The lowest BCUT2D eigenvalue weighted by atomic mass is 10.1. The van der Waals surface area contributed by atoms with Crippen molar-refractivity contribution in [3.8, 4) is 6.07 Å². The number of nitrogens with one attached hydrogen (secondary N) is 1. The number of ether oxygens (including phenoxy) is 1. The molecule has 0 saturated heterocycles. The summed E-state index contributed by atoms with van der Waals surface area (Å²) >= 11 is 0. The number of rotatable bonds is 9. The Morgan fingerprint density at radius 1 is 1.29 bits per heavy atom. The van der Waals surface area contributed by atoms with Crippen LogP contribution < -0.4 is 4.72 Å². The van der Waals surface area contributed by atoms with Crippen LogP contribution in [0.3, 0.4) is 0 Å². The van der Waals surface area contributed by atoms with E-state index in [1.54, 1.807) is 24.3 Å². The Bertz CT molecular complexity index is 577. The van der Waals surface area contributed by atoms with Crippen LogP contribution in [0.25, 0.3) is 0 Å². The van der Waals surface area contributed by atoms with Gasteiger partial charge >= 0.3 is 0 Å². The molecule has 1 aromatic rings. The molecule has 6 heteroatoms. The van der Waals surface area contributed by atoms with Crippen molar-refractivity contribution in [1.29, 1.82) is 5.26 Å². The minimum Gasteiger partial charge on any atom is -0.380 e. The van der Waals surface area contributed by atoms with Crippen LogP contribution in [-0.2, 0) is 20.5 Å². The molecule has 0 spiro atoms. The topological polar surface area (TPSA) is 79.2 Å². The molecule has 0 bridgehead atoms. The fourth-order valence-electron chi connectivity index (χ4n) is 1.70. The van der Waals surface area contributed by atoms with Crippen molar-refractivity contribution in [2.45, 2.75) is 26.0 Å². The van der Waals surface area contributed by atoms with Crippen molar-refractivity contribution in [1.82, 2.24) is 4.72 Å². The van der Waals surface area contributed by atoms with E-state index in [2.05, 4.69) is 18.6 Å². The van der Waals surface area contributed by atoms with Crippen LogP contribution in [0.5, 0.6) is 0 Å². The van der Waals surface area contributed by atoms with Crippen LogP contribution in [0.2, 0.25) is 0 Å². The average molecular weight is 310 g/mol. The summed E-state index contributed by atoms with van der Waals surface area (Å²) < 4.78 is 31.7. The summed E-state index contributed by atoms with van der Waals surface area (Å²) in [5.74, 6) is 0.382. The second-order valence-electron chi connectivity index (χ2n) is 5.22. The van der Waals surface area contributed by atoms with Crippen LogP contribution in [0, 0.1) is 17.2 Å². The normalized spacial score (nSPS) is 11.5. The van der Waals surface area contributed by atoms with Gasteiger partial charge in [0.25, 0.3) is 0 Å². The van der Waals surface area contributed by atoms with Crippen molar-refractivity contribution in [2.24, 2.45) is 5.92 Å². The van der Waals surface area contributed by atoms with Gasteiger partial charge < -0.3 is 4.74 Å². The fourth-order valence-corrected chi connectivity index (χ4v) is 2.86. The molecule has 0 amide bonds. The highest BCUT2D eigenvalue weighted by atomic mass is 32.2. The SMILES string of the molecule is CC(C)CCOCCNS(=O)(=O)Cc1ccccc1C#N. The molecule has 0 aliphatic rings. The number of nitriles is 1. The highest BCUT2D eigenvalue weighted by Gasteiger charge is 2.13. The van der Waals surface area contributed by atoms with Crippen LogP contribution in [0.1, 0.15) is 31.4 Å². The Hall–Kier alpha value is -1.42. The van der Waals surface area contributed by atoms with E-state index in [1.807, 2.05) is 6.07 Å². The maximum atomic E-state index is 11.9. The van der Waals surface area contributed by atoms with Gasteiger partial charge in [-0.15, -0.1) is 0 Å². The lowest BCUT2D eigenvalue weighted by molar-refractivity contribution is 0.128. The molecular formula is C15H22N2O3S. The monoisotopic (exact) mass is 310 g/mol. The number of nitrogens with zero attached hydrogens (tertiary/aromatic N) is 1. The molecule has 5 nitrogen and oxygen atoms in total. The van der Waals surface area contributed by atoms with E-state index in [4.69, 9.17) is 10.00 Å². The fraction of sp³-hybridized carbons (Fsp3) is 0.533. The van der Waals surface area contributed by atoms with Crippen molar-refractivity contribution in [2.75, 3.05) is 19.8 Å². The summed E-state index contributed by atoms with van der Waals surface area (Å²) in [4.78, 5) is 0. The zero-order valence-electron chi connectivity index (χ0n) is 12.5. The van der Waals surface area contributed by atoms with Gasteiger partial charge in [0.05, 0.1) is 24.0 Å². The van der Waals surface area contributed by atoms with Gasteiger partial charge in [-0.2, -0.15) is 5.26 Å². The standard InChI is InChI=1S/C15H22N2O3S/c1-13(2)7-9-20-10-8-17-21(18,19)12-15-6-4-3-5-14(15)11-16/h3-6,13,17H,7-10,12H2,1-2H3. The summed E-state index contributed by atoms with van der Waals surface area (Å²) in [6, 6.07) is 8.69. The van der Waals surface area contributed by atoms with Crippen LogP contribution in [0.4, 0.5) is 0 Å². The first-order valence-corrected chi connectivity index (χ1v) is 8.63. The lowest BCUT2D eigenvalue weighted by Crippen LogP contribution is -2.29. The molecule has 1 aromatic carbocycles. The zero-order valence-corrected chi connectivity index (χ0v) is 13.3. The van der Waals surface area contributed by atoms with E-state index in [-0.39, 0.29) is 12.3 Å². The minimum atomic E-state index is -3.45. The first-order valence-electron chi connectivity index (χ1n) is 6.97. The number of hydrogen-bond acceptors (Lipinski definition) is 4. The number of sulfonamides is 1. The van der Waals surface area contributed by atoms with Gasteiger partial charge in [0.2, 0.25) is 10.0 Å². The Labute approximate surface area is 127 Å². The highest BCUT2D eigenvalue weighted by Crippen LogP contribution is 2.10. The lowest BCUT2D eigenvalue weighted by Gasteiger charge is -2.09. The third-order valence-electron chi connectivity index (χ3n) is 2.89. The second kappa shape index (κ2) is 8.78. The van der Waals surface area contributed by atoms with Crippen LogP contribution in [-0.4, -0.2) is 28.2 Å². The third kappa shape index (κ3) is 7.23. The molecule has 21 heavy (non-hydrogen) atoms. The Kier molecular flexibility index (Phi) is 7.37. The molecule has 0 radical (unpaired) electrons. The molecule has 0 aliphatic carbocycles. The van der Waals surface area contributed by atoms with Crippen LogP contribution >= 0.6 is 0 Å². The summed E-state index contributed by atoms with van der Waals surface area (Å²) in [5.41, 5.74) is 0.893. The molecule has 116 valence electrons.